The molecular weight excluding hydrogens is 244 g/mol. The monoisotopic (exact) mass is 264 g/mol. The zero-order valence-electron chi connectivity index (χ0n) is 11.2. The Morgan fingerprint density at radius 3 is 2.79 bits per heavy atom. The van der Waals surface area contributed by atoms with Gasteiger partial charge in [-0.05, 0) is 24.6 Å². The number of esters is 1. The minimum Gasteiger partial charge on any atom is -0.462 e. The van der Waals surface area contributed by atoms with Crippen LogP contribution in [0.1, 0.15) is 23.7 Å². The quantitative estimate of drug-likeness (QED) is 0.662. The van der Waals surface area contributed by atoms with Crippen molar-refractivity contribution >= 4 is 17.3 Å². The molecule has 1 aliphatic rings. The highest BCUT2D eigenvalue weighted by atomic mass is 16.5. The molecule has 1 fully saturated rings. The standard InChI is InChI=1S/C14H20N2O3/c1-2-7-19-14(17)11-3-4-13(12(15)10-11)16-5-8-18-9-6-16/h3-4,10H,2,5-9,15H2,1H3. The van der Waals surface area contributed by atoms with E-state index in [-0.39, 0.29) is 5.97 Å². The van der Waals surface area contributed by atoms with Crippen molar-refractivity contribution in [2.24, 2.45) is 0 Å². The minimum absolute atomic E-state index is 0.318. The maximum atomic E-state index is 11.7. The molecule has 2 rings (SSSR count). The average Bonchev–Trinajstić information content (AvgIpc) is 2.45. The SMILES string of the molecule is CCCOC(=O)c1ccc(N2CCOCC2)c(N)c1. The first kappa shape index (κ1) is 13.7. The summed E-state index contributed by atoms with van der Waals surface area (Å²) < 4.78 is 10.4. The number of nitrogens with two attached hydrogens (primary N) is 1. The van der Waals surface area contributed by atoms with Crippen LogP contribution in [0.5, 0.6) is 0 Å². The van der Waals surface area contributed by atoms with Crippen LogP contribution in [0.25, 0.3) is 0 Å². The normalized spacial score (nSPS) is 15.3. The van der Waals surface area contributed by atoms with E-state index in [9.17, 15) is 4.79 Å². The second kappa shape index (κ2) is 6.43. The third kappa shape index (κ3) is 3.38. The topological polar surface area (TPSA) is 64.8 Å². The van der Waals surface area contributed by atoms with Gasteiger partial charge in [-0.3, -0.25) is 0 Å². The fourth-order valence-corrected chi connectivity index (χ4v) is 2.05. The van der Waals surface area contributed by atoms with Crippen LogP contribution in [0.3, 0.4) is 0 Å². The summed E-state index contributed by atoms with van der Waals surface area (Å²) in [6, 6.07) is 5.32. The molecule has 1 aromatic rings. The Balaban J connectivity index is 2.10. The van der Waals surface area contributed by atoms with Crippen LogP contribution in [-0.4, -0.2) is 38.9 Å². The molecule has 0 radical (unpaired) electrons. The summed E-state index contributed by atoms with van der Waals surface area (Å²) in [5.74, 6) is -0.318. The zero-order valence-corrected chi connectivity index (χ0v) is 11.2. The maximum absolute atomic E-state index is 11.7. The van der Waals surface area contributed by atoms with E-state index in [1.807, 2.05) is 13.0 Å². The molecule has 0 spiro atoms. The van der Waals surface area contributed by atoms with Gasteiger partial charge in [0.05, 0.1) is 36.8 Å². The highest BCUT2D eigenvalue weighted by Crippen LogP contribution is 2.25. The molecule has 104 valence electrons. The van der Waals surface area contributed by atoms with Crippen molar-refractivity contribution in [3.8, 4) is 0 Å². The third-order valence-electron chi connectivity index (χ3n) is 3.05. The minimum atomic E-state index is -0.318. The first-order valence-electron chi connectivity index (χ1n) is 6.61. The van der Waals surface area contributed by atoms with Crippen LogP contribution in [-0.2, 0) is 9.47 Å². The summed E-state index contributed by atoms with van der Waals surface area (Å²) in [6.07, 6.45) is 0.813. The van der Waals surface area contributed by atoms with Gasteiger partial charge in [0.1, 0.15) is 0 Å². The number of morpholine rings is 1. The van der Waals surface area contributed by atoms with E-state index in [0.717, 1.165) is 25.2 Å². The van der Waals surface area contributed by atoms with Crippen molar-refractivity contribution < 1.29 is 14.3 Å². The molecule has 0 amide bonds. The molecule has 1 heterocycles. The fraction of sp³-hybridized carbons (Fsp3) is 0.500. The van der Waals surface area contributed by atoms with Crippen molar-refractivity contribution in [3.63, 3.8) is 0 Å². The first-order valence-corrected chi connectivity index (χ1v) is 6.61. The maximum Gasteiger partial charge on any atom is 0.338 e. The Kier molecular flexibility index (Phi) is 4.63. The van der Waals surface area contributed by atoms with Gasteiger partial charge in [-0.1, -0.05) is 6.92 Å². The summed E-state index contributed by atoms with van der Waals surface area (Å²) >= 11 is 0. The lowest BCUT2D eigenvalue weighted by molar-refractivity contribution is 0.0505. The van der Waals surface area contributed by atoms with Crippen LogP contribution >= 0.6 is 0 Å². The fourth-order valence-electron chi connectivity index (χ4n) is 2.05. The Labute approximate surface area is 113 Å². The Bertz CT molecular complexity index is 442. The molecule has 0 atom stereocenters. The number of carbonyl (C=O) groups is 1. The Morgan fingerprint density at radius 2 is 2.16 bits per heavy atom. The van der Waals surface area contributed by atoms with Gasteiger partial charge in [-0.2, -0.15) is 0 Å². The number of rotatable bonds is 4. The molecule has 0 saturated carbocycles. The smallest absolute Gasteiger partial charge is 0.338 e. The predicted octanol–water partition coefficient (Wildman–Crippen LogP) is 1.67. The number of hydrogen-bond donors (Lipinski definition) is 1. The zero-order chi connectivity index (χ0) is 13.7. The molecule has 1 aliphatic heterocycles. The highest BCUT2D eigenvalue weighted by molar-refractivity contribution is 5.92. The molecule has 0 aliphatic carbocycles. The molecule has 5 heteroatoms. The van der Waals surface area contributed by atoms with E-state index in [0.29, 0.717) is 31.1 Å². The van der Waals surface area contributed by atoms with Crippen LogP contribution in [0.4, 0.5) is 11.4 Å². The van der Waals surface area contributed by atoms with Gasteiger partial charge >= 0.3 is 5.97 Å². The van der Waals surface area contributed by atoms with Crippen molar-refractivity contribution in [1.82, 2.24) is 0 Å². The molecule has 5 nitrogen and oxygen atoms in total. The van der Waals surface area contributed by atoms with Gasteiger partial charge < -0.3 is 20.1 Å². The van der Waals surface area contributed by atoms with Gasteiger partial charge in [0, 0.05) is 13.1 Å². The second-order valence-electron chi connectivity index (χ2n) is 4.51. The Hall–Kier alpha value is -1.75. The van der Waals surface area contributed by atoms with Gasteiger partial charge in [-0.15, -0.1) is 0 Å². The number of benzene rings is 1. The lowest BCUT2D eigenvalue weighted by Crippen LogP contribution is -2.36. The number of nitrogen functional groups attached to an aromatic ring is 1. The molecule has 0 aromatic heterocycles. The summed E-state index contributed by atoms with van der Waals surface area (Å²) in [5.41, 5.74) is 8.09. The molecule has 2 N–H and O–H groups in total. The van der Waals surface area contributed by atoms with Crippen molar-refractivity contribution in [1.29, 1.82) is 0 Å². The van der Waals surface area contributed by atoms with Gasteiger partial charge in [-0.25, -0.2) is 4.79 Å². The van der Waals surface area contributed by atoms with Gasteiger partial charge in [0.15, 0.2) is 0 Å². The second-order valence-corrected chi connectivity index (χ2v) is 4.51. The average molecular weight is 264 g/mol. The van der Waals surface area contributed by atoms with E-state index in [1.54, 1.807) is 12.1 Å². The Morgan fingerprint density at radius 1 is 1.42 bits per heavy atom. The van der Waals surface area contributed by atoms with E-state index in [1.165, 1.54) is 0 Å². The number of carbonyl (C=O) groups excluding carboxylic acids is 1. The summed E-state index contributed by atoms with van der Waals surface area (Å²) in [5, 5.41) is 0. The number of nitrogens with zero attached hydrogens (tertiary/aromatic N) is 1. The molecule has 1 aromatic carbocycles. The van der Waals surface area contributed by atoms with Crippen molar-refractivity contribution in [2.75, 3.05) is 43.5 Å². The number of hydrogen-bond acceptors (Lipinski definition) is 5. The molecular formula is C14H20N2O3. The molecule has 0 unspecified atom stereocenters. The van der Waals surface area contributed by atoms with E-state index >= 15 is 0 Å². The first-order chi connectivity index (χ1) is 9.22. The van der Waals surface area contributed by atoms with Gasteiger partial charge in [0.25, 0.3) is 0 Å². The summed E-state index contributed by atoms with van der Waals surface area (Å²) in [6.45, 7) is 5.46. The van der Waals surface area contributed by atoms with Crippen molar-refractivity contribution in [3.05, 3.63) is 23.8 Å². The van der Waals surface area contributed by atoms with E-state index in [4.69, 9.17) is 15.2 Å². The lowest BCUT2D eigenvalue weighted by atomic mass is 10.1. The summed E-state index contributed by atoms with van der Waals surface area (Å²) in [7, 11) is 0. The summed E-state index contributed by atoms with van der Waals surface area (Å²) in [4.78, 5) is 13.9. The highest BCUT2D eigenvalue weighted by Gasteiger charge is 2.15. The van der Waals surface area contributed by atoms with Crippen LogP contribution < -0.4 is 10.6 Å². The molecule has 0 bridgehead atoms. The molecule has 19 heavy (non-hydrogen) atoms. The van der Waals surface area contributed by atoms with Crippen LogP contribution in [0.15, 0.2) is 18.2 Å². The van der Waals surface area contributed by atoms with Crippen LogP contribution in [0, 0.1) is 0 Å². The third-order valence-corrected chi connectivity index (χ3v) is 3.05. The van der Waals surface area contributed by atoms with E-state index in [2.05, 4.69) is 4.90 Å². The van der Waals surface area contributed by atoms with Crippen molar-refractivity contribution in [2.45, 2.75) is 13.3 Å². The number of ether oxygens (including phenoxy) is 2. The van der Waals surface area contributed by atoms with Gasteiger partial charge in [0.2, 0.25) is 0 Å². The number of anilines is 2. The molecule has 1 saturated heterocycles. The van der Waals surface area contributed by atoms with E-state index < -0.39 is 0 Å². The van der Waals surface area contributed by atoms with Crippen LogP contribution in [0.2, 0.25) is 0 Å². The largest absolute Gasteiger partial charge is 0.462 e. The lowest BCUT2D eigenvalue weighted by Gasteiger charge is -2.29. The predicted molar refractivity (Wildman–Crippen MR) is 74.5 cm³/mol.